The maximum Gasteiger partial charge on any atom is 0.217 e. The molecule has 0 amide bonds. The van der Waals surface area contributed by atoms with Gasteiger partial charge in [0.2, 0.25) is 4.38 Å². The molecule has 0 bridgehead atoms. The van der Waals surface area contributed by atoms with Gasteiger partial charge in [0.1, 0.15) is 0 Å². The standard InChI is InChI=1S/C4H8OS2.Cd/c1-3(2)5-4(6)7;/h3H,1-2H3,(H,6,7);. The van der Waals surface area contributed by atoms with Gasteiger partial charge in [-0.3, -0.25) is 0 Å². The van der Waals surface area contributed by atoms with Crippen molar-refractivity contribution in [2.45, 2.75) is 20.0 Å². The van der Waals surface area contributed by atoms with Crippen LogP contribution in [-0.2, 0) is 32.0 Å². The molecule has 0 saturated carbocycles. The zero-order valence-corrected chi connectivity index (χ0v) is 10.8. The first-order valence-electron chi connectivity index (χ1n) is 2.02. The molecule has 0 radical (unpaired) electrons. The van der Waals surface area contributed by atoms with Crippen LogP contribution < -0.4 is 0 Å². The van der Waals surface area contributed by atoms with E-state index in [0.29, 0.717) is 4.38 Å². The predicted molar refractivity (Wildman–Crippen MR) is 37.8 cm³/mol. The summed E-state index contributed by atoms with van der Waals surface area (Å²) in [6.07, 6.45) is 0.157. The molecule has 0 atom stereocenters. The molecule has 0 aromatic heterocycles. The fourth-order valence-electron chi connectivity index (χ4n) is 0.202. The first kappa shape index (κ1) is 11.9. The van der Waals surface area contributed by atoms with Gasteiger partial charge in [0, 0.05) is 27.3 Å². The van der Waals surface area contributed by atoms with Crippen LogP contribution in [0.15, 0.2) is 0 Å². The Morgan fingerprint density at radius 1 is 1.62 bits per heavy atom. The summed E-state index contributed by atoms with van der Waals surface area (Å²) < 4.78 is 5.16. The Morgan fingerprint density at radius 2 is 2.00 bits per heavy atom. The molecule has 0 fully saturated rings. The number of thiocarbonyl (C=S) groups is 1. The number of hydrogen-bond donors (Lipinski definition) is 1. The monoisotopic (exact) mass is 250 g/mol. The third-order valence-electron chi connectivity index (χ3n) is 0.337. The Labute approximate surface area is 80.7 Å². The van der Waals surface area contributed by atoms with Gasteiger partial charge in [-0.25, -0.2) is 0 Å². The van der Waals surface area contributed by atoms with Crippen LogP contribution in [0.1, 0.15) is 13.8 Å². The molecule has 0 N–H and O–H groups in total. The molecule has 0 rings (SSSR count). The van der Waals surface area contributed by atoms with Crippen molar-refractivity contribution in [3.63, 3.8) is 0 Å². The van der Waals surface area contributed by atoms with Gasteiger partial charge in [0.15, 0.2) is 0 Å². The molecule has 0 aliphatic carbocycles. The van der Waals surface area contributed by atoms with E-state index < -0.39 is 0 Å². The topological polar surface area (TPSA) is 9.23 Å². The predicted octanol–water partition coefficient (Wildman–Crippen LogP) is 1.62. The molecule has 0 aliphatic heterocycles. The zero-order valence-electron chi connectivity index (χ0n) is 5.05. The van der Waals surface area contributed by atoms with Crippen LogP contribution in [0.4, 0.5) is 0 Å². The minimum atomic E-state index is 0. The van der Waals surface area contributed by atoms with Gasteiger partial charge in [-0.15, -0.1) is 0 Å². The summed E-state index contributed by atoms with van der Waals surface area (Å²) in [6.45, 7) is 3.81. The van der Waals surface area contributed by atoms with Gasteiger partial charge in [-0.05, 0) is 26.1 Å². The Hall–Kier alpha value is 1.16. The first-order chi connectivity index (χ1) is 3.13. The van der Waals surface area contributed by atoms with Crippen molar-refractivity contribution < 1.29 is 32.0 Å². The molecule has 4 heteroatoms. The molecular weight excluding hydrogens is 241 g/mol. The number of hydrogen-bond acceptors (Lipinski definition) is 2. The largest absolute Gasteiger partial charge is 0.476 e. The second kappa shape index (κ2) is 6.28. The van der Waals surface area contributed by atoms with Crippen molar-refractivity contribution >= 4 is 29.2 Å². The first-order valence-corrected chi connectivity index (χ1v) is 2.88. The van der Waals surface area contributed by atoms with E-state index in [1.54, 1.807) is 0 Å². The quantitative estimate of drug-likeness (QED) is 0.429. The van der Waals surface area contributed by atoms with Crippen LogP contribution in [0.2, 0.25) is 0 Å². The van der Waals surface area contributed by atoms with E-state index in [9.17, 15) is 0 Å². The Balaban J connectivity index is 0. The molecule has 8 heavy (non-hydrogen) atoms. The van der Waals surface area contributed by atoms with E-state index in [4.69, 9.17) is 4.74 Å². The van der Waals surface area contributed by atoms with Gasteiger partial charge in [0.25, 0.3) is 0 Å². The van der Waals surface area contributed by atoms with E-state index in [2.05, 4.69) is 24.8 Å². The van der Waals surface area contributed by atoms with Crippen molar-refractivity contribution in [1.29, 1.82) is 0 Å². The van der Waals surface area contributed by atoms with Crippen molar-refractivity contribution in [2.75, 3.05) is 0 Å². The van der Waals surface area contributed by atoms with Crippen LogP contribution in [-0.4, -0.2) is 10.5 Å². The molecular formula is C4H8CdOS2. The Morgan fingerprint density at radius 3 is 2.00 bits per heavy atom. The summed E-state index contributed by atoms with van der Waals surface area (Å²) in [5.41, 5.74) is 0. The van der Waals surface area contributed by atoms with Gasteiger partial charge in [-0.1, -0.05) is 12.6 Å². The SMILES string of the molecule is CC(C)OC(=S)S.[Cd]. The normalized spacial score (nSPS) is 8.00. The summed E-state index contributed by atoms with van der Waals surface area (Å²) in [5, 5.41) is 0. The summed E-state index contributed by atoms with van der Waals surface area (Å²) in [5.74, 6) is 0. The molecule has 44 valence electrons. The number of rotatable bonds is 1. The maximum atomic E-state index is 4.85. The van der Waals surface area contributed by atoms with Crippen LogP contribution >= 0.6 is 24.8 Å². The van der Waals surface area contributed by atoms with E-state index in [0.717, 1.165) is 0 Å². The van der Waals surface area contributed by atoms with Crippen molar-refractivity contribution in [3.05, 3.63) is 0 Å². The fourth-order valence-corrected chi connectivity index (χ4v) is 0.605. The van der Waals surface area contributed by atoms with Crippen molar-refractivity contribution in [3.8, 4) is 0 Å². The van der Waals surface area contributed by atoms with Crippen LogP contribution in [0.3, 0.4) is 0 Å². The van der Waals surface area contributed by atoms with Crippen LogP contribution in [0.25, 0.3) is 0 Å². The average Bonchev–Trinajstić information content (AvgIpc) is 1.27. The van der Waals surface area contributed by atoms with E-state index in [-0.39, 0.29) is 33.4 Å². The molecule has 0 spiro atoms. The van der Waals surface area contributed by atoms with Crippen LogP contribution in [0, 0.1) is 0 Å². The summed E-state index contributed by atoms with van der Waals surface area (Å²) in [6, 6.07) is 0. The molecule has 0 aromatic rings. The minimum Gasteiger partial charge on any atom is -0.476 e. The third kappa shape index (κ3) is 10.2. The average molecular weight is 249 g/mol. The summed E-state index contributed by atoms with van der Waals surface area (Å²) >= 11 is 8.26. The molecule has 0 saturated heterocycles. The van der Waals surface area contributed by atoms with Crippen molar-refractivity contribution in [1.82, 2.24) is 0 Å². The van der Waals surface area contributed by atoms with Gasteiger partial charge >= 0.3 is 0 Å². The van der Waals surface area contributed by atoms with Crippen LogP contribution in [0.5, 0.6) is 0 Å². The van der Waals surface area contributed by atoms with Gasteiger partial charge < -0.3 is 4.74 Å². The second-order valence-electron chi connectivity index (χ2n) is 1.43. The van der Waals surface area contributed by atoms with E-state index >= 15 is 0 Å². The Bertz CT molecular complexity index is 74.4. The molecule has 0 unspecified atom stereocenters. The second-order valence-corrected chi connectivity index (χ2v) is 2.51. The number of thiol groups is 1. The minimum absolute atomic E-state index is 0. The van der Waals surface area contributed by atoms with Gasteiger partial charge in [-0.2, -0.15) is 0 Å². The third-order valence-corrected chi connectivity index (χ3v) is 0.538. The van der Waals surface area contributed by atoms with E-state index in [1.165, 1.54) is 0 Å². The smallest absolute Gasteiger partial charge is 0.217 e. The molecule has 0 heterocycles. The van der Waals surface area contributed by atoms with Gasteiger partial charge in [0.05, 0.1) is 6.10 Å². The fraction of sp³-hybridized carbons (Fsp3) is 0.750. The number of ether oxygens (including phenoxy) is 1. The zero-order chi connectivity index (χ0) is 5.86. The van der Waals surface area contributed by atoms with E-state index in [1.807, 2.05) is 13.8 Å². The van der Waals surface area contributed by atoms with Crippen molar-refractivity contribution in [2.24, 2.45) is 0 Å². The maximum absolute atomic E-state index is 4.85. The molecule has 1 nitrogen and oxygen atoms in total. The molecule has 0 aliphatic rings. The summed E-state index contributed by atoms with van der Waals surface area (Å²) in [4.78, 5) is 0. The summed E-state index contributed by atoms with van der Waals surface area (Å²) in [7, 11) is 0. The molecule has 0 aromatic carbocycles. The Kier molecular flexibility index (Phi) is 9.35.